The molecule has 3 heterocycles. The maximum atomic E-state index is 14.5. The van der Waals surface area contributed by atoms with Crippen molar-refractivity contribution < 1.29 is 23.4 Å². The average Bonchev–Trinajstić information content (AvgIpc) is 3.18. The summed E-state index contributed by atoms with van der Waals surface area (Å²) < 4.78 is 37.5. The van der Waals surface area contributed by atoms with Gasteiger partial charge in [-0.25, -0.2) is 18.4 Å². The number of halogens is 2. The zero-order valence-corrected chi connectivity index (χ0v) is 23.7. The van der Waals surface area contributed by atoms with E-state index in [1.165, 1.54) is 9.13 Å². The van der Waals surface area contributed by atoms with Gasteiger partial charge in [-0.1, -0.05) is 24.3 Å². The maximum Gasteiger partial charge on any atom is 0.410 e. The van der Waals surface area contributed by atoms with Crippen molar-refractivity contribution in [1.82, 2.24) is 19.0 Å². The Morgan fingerprint density at radius 3 is 2.44 bits per heavy atom. The van der Waals surface area contributed by atoms with Crippen LogP contribution in [-0.4, -0.2) is 55.5 Å². The molecule has 1 aliphatic heterocycles. The quantitative estimate of drug-likeness (QED) is 0.296. The number of aromatic nitrogens is 3. The van der Waals surface area contributed by atoms with E-state index in [2.05, 4.69) is 0 Å². The van der Waals surface area contributed by atoms with Crippen LogP contribution in [0.25, 0.3) is 21.8 Å². The molecule has 0 radical (unpaired) electrons. The number of benzene rings is 2. The smallest absolute Gasteiger partial charge is 0.410 e. The fourth-order valence-corrected chi connectivity index (χ4v) is 5.65. The number of pyridine rings is 1. The Labute approximate surface area is 237 Å². The molecule has 0 aliphatic carbocycles. The first kappa shape index (κ1) is 28.7. The minimum absolute atomic E-state index is 0.0814. The standard InChI is InChI=1S/C31H36F2N4O4/c1-31(2,3)41-30(40)35-13-11-21(12-14-35)37-28-17-25(33)24(32)16-27(28)36(29(37)39)19-26-23(10-6-7-15-38)22-9-5-4-8-20(22)18-34-26/h4-5,8-9,16-18,21,38H,6-7,10-15,19H2,1-3H3. The van der Waals surface area contributed by atoms with E-state index in [1.807, 2.05) is 45.0 Å². The number of hydrogen-bond donors (Lipinski definition) is 1. The largest absolute Gasteiger partial charge is 0.444 e. The summed E-state index contributed by atoms with van der Waals surface area (Å²) in [5.41, 5.74) is 1.25. The van der Waals surface area contributed by atoms with Gasteiger partial charge in [0, 0.05) is 49.5 Å². The third-order valence-corrected chi connectivity index (χ3v) is 7.62. The number of imidazole rings is 1. The van der Waals surface area contributed by atoms with Crippen LogP contribution in [0.2, 0.25) is 0 Å². The van der Waals surface area contributed by atoms with E-state index in [-0.39, 0.29) is 24.9 Å². The lowest BCUT2D eigenvalue weighted by atomic mass is 9.99. The molecule has 0 bridgehead atoms. The number of ether oxygens (including phenoxy) is 1. The number of rotatable bonds is 7. The van der Waals surface area contributed by atoms with Crippen LogP contribution in [-0.2, 0) is 17.7 Å². The third kappa shape index (κ3) is 5.98. The van der Waals surface area contributed by atoms with Gasteiger partial charge in [-0.2, -0.15) is 0 Å². The monoisotopic (exact) mass is 566 g/mol. The minimum atomic E-state index is -1.03. The van der Waals surface area contributed by atoms with Crippen LogP contribution < -0.4 is 5.69 Å². The first-order valence-electron chi connectivity index (χ1n) is 14.1. The normalized spacial score (nSPS) is 14.7. The van der Waals surface area contributed by atoms with Crippen LogP contribution in [0.1, 0.15) is 63.8 Å². The van der Waals surface area contributed by atoms with E-state index in [0.29, 0.717) is 55.5 Å². The molecule has 2 aromatic carbocycles. The summed E-state index contributed by atoms with van der Waals surface area (Å²) in [6.45, 7) is 6.35. The van der Waals surface area contributed by atoms with E-state index < -0.39 is 23.3 Å². The number of likely N-dealkylation sites (tertiary alicyclic amines) is 1. The molecule has 5 rings (SSSR count). The molecule has 0 unspecified atom stereocenters. The fourth-order valence-electron chi connectivity index (χ4n) is 5.65. The molecule has 10 heteroatoms. The SMILES string of the molecule is CC(C)(C)OC(=O)N1CCC(n2c(=O)n(Cc3ncc4ccccc4c3CCCCO)c3cc(F)c(F)cc32)CC1. The number of unbranched alkanes of at least 4 members (excludes halogenated alkanes) is 1. The van der Waals surface area contributed by atoms with Gasteiger partial charge in [-0.05, 0) is 63.8 Å². The summed E-state index contributed by atoms with van der Waals surface area (Å²) in [5, 5.41) is 11.3. The molecule has 1 saturated heterocycles. The number of aliphatic hydroxyl groups is 1. The summed E-state index contributed by atoms with van der Waals surface area (Å²) in [4.78, 5) is 32.8. The molecule has 218 valence electrons. The first-order valence-corrected chi connectivity index (χ1v) is 14.1. The Hall–Kier alpha value is -3.79. The van der Waals surface area contributed by atoms with Crippen molar-refractivity contribution >= 4 is 27.9 Å². The number of carbonyl (C=O) groups excluding carboxylic acids is 1. The number of hydrogen-bond acceptors (Lipinski definition) is 5. The van der Waals surface area contributed by atoms with Gasteiger partial charge in [0.05, 0.1) is 23.3 Å². The second-order valence-electron chi connectivity index (χ2n) is 11.6. The second-order valence-corrected chi connectivity index (χ2v) is 11.6. The number of carbonyl (C=O) groups is 1. The van der Waals surface area contributed by atoms with Crippen molar-refractivity contribution in [3.8, 4) is 0 Å². The maximum absolute atomic E-state index is 14.5. The van der Waals surface area contributed by atoms with Crippen molar-refractivity contribution in [3.05, 3.63) is 76.0 Å². The van der Waals surface area contributed by atoms with Crippen molar-refractivity contribution in [2.75, 3.05) is 19.7 Å². The molecule has 1 amide bonds. The van der Waals surface area contributed by atoms with E-state index in [1.54, 1.807) is 11.1 Å². The number of amides is 1. The van der Waals surface area contributed by atoms with Gasteiger partial charge >= 0.3 is 11.8 Å². The predicted molar refractivity (Wildman–Crippen MR) is 153 cm³/mol. The minimum Gasteiger partial charge on any atom is -0.444 e. The predicted octanol–water partition coefficient (Wildman–Crippen LogP) is 5.56. The van der Waals surface area contributed by atoms with Gasteiger partial charge in [0.1, 0.15) is 5.60 Å². The van der Waals surface area contributed by atoms with Crippen molar-refractivity contribution in [1.29, 1.82) is 0 Å². The molecule has 1 N–H and O–H groups in total. The molecular formula is C31H36F2N4O4. The van der Waals surface area contributed by atoms with Gasteiger partial charge in [-0.15, -0.1) is 0 Å². The zero-order chi connectivity index (χ0) is 29.3. The molecule has 8 nitrogen and oxygen atoms in total. The number of fused-ring (bicyclic) bond motifs is 2. The second kappa shape index (κ2) is 11.6. The van der Waals surface area contributed by atoms with Crippen LogP contribution in [0.4, 0.5) is 13.6 Å². The number of aliphatic hydroxyl groups excluding tert-OH is 1. The molecule has 0 saturated carbocycles. The third-order valence-electron chi connectivity index (χ3n) is 7.62. The summed E-state index contributed by atoms with van der Waals surface area (Å²) in [6.07, 6.45) is 4.33. The molecule has 1 aliphatic rings. The number of aryl methyl sites for hydroxylation is 1. The van der Waals surface area contributed by atoms with Crippen LogP contribution in [0.15, 0.2) is 47.4 Å². The van der Waals surface area contributed by atoms with E-state index in [9.17, 15) is 23.5 Å². The summed E-state index contributed by atoms with van der Waals surface area (Å²) in [5.74, 6) is -2.05. The van der Waals surface area contributed by atoms with Crippen LogP contribution in [0, 0.1) is 11.6 Å². The molecule has 1 fully saturated rings. The molecule has 2 aromatic heterocycles. The summed E-state index contributed by atoms with van der Waals surface area (Å²) >= 11 is 0. The summed E-state index contributed by atoms with van der Waals surface area (Å²) in [7, 11) is 0. The highest BCUT2D eigenvalue weighted by molar-refractivity contribution is 5.85. The molecule has 4 aromatic rings. The Morgan fingerprint density at radius 2 is 1.76 bits per heavy atom. The van der Waals surface area contributed by atoms with Gasteiger partial charge in [0.15, 0.2) is 11.6 Å². The molecule has 0 atom stereocenters. The Kier molecular flexibility index (Phi) is 8.13. The lowest BCUT2D eigenvalue weighted by Gasteiger charge is -2.33. The highest BCUT2D eigenvalue weighted by Crippen LogP contribution is 2.29. The highest BCUT2D eigenvalue weighted by atomic mass is 19.2. The zero-order valence-electron chi connectivity index (χ0n) is 23.7. The lowest BCUT2D eigenvalue weighted by molar-refractivity contribution is 0.0188. The fraction of sp³-hybridized carbons (Fsp3) is 0.452. The lowest BCUT2D eigenvalue weighted by Crippen LogP contribution is -2.43. The Morgan fingerprint density at radius 1 is 1.07 bits per heavy atom. The van der Waals surface area contributed by atoms with E-state index in [0.717, 1.165) is 34.9 Å². The Bertz CT molecular complexity index is 1630. The summed E-state index contributed by atoms with van der Waals surface area (Å²) in [6, 6.07) is 9.72. The average molecular weight is 567 g/mol. The van der Waals surface area contributed by atoms with Crippen molar-refractivity contribution in [2.24, 2.45) is 0 Å². The highest BCUT2D eigenvalue weighted by Gasteiger charge is 2.30. The van der Waals surface area contributed by atoms with Gasteiger partial charge in [0.2, 0.25) is 0 Å². The van der Waals surface area contributed by atoms with Crippen LogP contribution in [0.3, 0.4) is 0 Å². The van der Waals surface area contributed by atoms with Crippen molar-refractivity contribution in [2.45, 2.75) is 71.1 Å². The van der Waals surface area contributed by atoms with E-state index >= 15 is 0 Å². The van der Waals surface area contributed by atoms with Crippen LogP contribution in [0.5, 0.6) is 0 Å². The molecule has 41 heavy (non-hydrogen) atoms. The van der Waals surface area contributed by atoms with Gasteiger partial charge < -0.3 is 14.7 Å². The van der Waals surface area contributed by atoms with Crippen molar-refractivity contribution in [3.63, 3.8) is 0 Å². The number of nitrogens with zero attached hydrogens (tertiary/aromatic N) is 4. The van der Waals surface area contributed by atoms with Gasteiger partial charge in [-0.3, -0.25) is 14.1 Å². The Balaban J connectivity index is 1.52. The van der Waals surface area contributed by atoms with Gasteiger partial charge in [0.25, 0.3) is 0 Å². The van der Waals surface area contributed by atoms with E-state index in [4.69, 9.17) is 9.72 Å². The molecular weight excluding hydrogens is 530 g/mol. The number of piperidine rings is 1. The topological polar surface area (TPSA) is 89.6 Å². The molecule has 0 spiro atoms. The van der Waals surface area contributed by atoms with Crippen LogP contribution >= 0.6 is 0 Å². The first-order chi connectivity index (χ1) is 19.6.